The maximum atomic E-state index is 11.7. The monoisotopic (exact) mass is 560 g/mol. The van der Waals surface area contributed by atoms with Crippen LogP contribution >= 0.6 is 0 Å². The molecule has 0 heterocycles. The molecule has 0 spiro atoms. The summed E-state index contributed by atoms with van der Waals surface area (Å²) in [5, 5.41) is 9.71. The molecule has 10 heteroatoms. The molecule has 0 amide bonds. The van der Waals surface area contributed by atoms with Gasteiger partial charge < -0.3 is 16.0 Å². The number of esters is 2. The van der Waals surface area contributed by atoms with E-state index in [1.54, 1.807) is 0 Å². The van der Waals surface area contributed by atoms with Crippen molar-refractivity contribution in [2.75, 3.05) is 6.61 Å². The first kappa shape index (κ1) is 39.0. The summed E-state index contributed by atoms with van der Waals surface area (Å²) < 4.78 is 40.6. The van der Waals surface area contributed by atoms with Crippen molar-refractivity contribution in [2.45, 2.75) is 154 Å². The van der Waals surface area contributed by atoms with Crippen molar-refractivity contribution in [1.82, 2.24) is 0 Å². The first-order valence-electron chi connectivity index (χ1n) is 14.2. The first-order chi connectivity index (χ1) is 17.2. The Balaban J connectivity index is -0.00000612. The molecule has 216 valence electrons. The molecule has 37 heavy (non-hydrogen) atoms. The van der Waals surface area contributed by atoms with E-state index in [4.69, 9.17) is 9.29 Å². The van der Waals surface area contributed by atoms with Gasteiger partial charge in [-0.05, 0) is 12.8 Å². The number of hydrogen-bond donors (Lipinski definition) is 2. The number of aliphatic hydroxyl groups excluding tert-OH is 1. The van der Waals surface area contributed by atoms with Crippen LogP contribution < -0.4 is 29.6 Å². The molecule has 0 bridgehead atoms. The summed E-state index contributed by atoms with van der Waals surface area (Å²) in [4.78, 5) is 23.4. The average Bonchev–Trinajstić information content (AvgIpc) is 2.82. The Kier molecular flexibility index (Phi) is 27.4. The van der Waals surface area contributed by atoms with Gasteiger partial charge in [-0.25, -0.2) is 4.79 Å². The maximum Gasteiger partial charge on any atom is 1.00 e. The molecule has 0 aliphatic carbocycles. The zero-order chi connectivity index (χ0) is 27.1. The molecule has 2 N–H and O–H groups in total. The Hall–Kier alpha value is -0.190. The van der Waals surface area contributed by atoms with Gasteiger partial charge in [0.1, 0.15) is 0 Å². The van der Waals surface area contributed by atoms with Crippen molar-refractivity contribution >= 4 is 22.1 Å². The Morgan fingerprint density at radius 3 is 1.46 bits per heavy atom. The molecule has 0 aliphatic heterocycles. The maximum absolute atomic E-state index is 11.7. The van der Waals surface area contributed by atoms with Crippen LogP contribution in [0.2, 0.25) is 0 Å². The number of rotatable bonds is 25. The standard InChI is InChI=1S/C27H52O8S.Na.H/c1-3-5-6-7-8-9-10-11-12-13-14-15-16-17-18-19-20-21-22-34-25(29)23-24(28)27(30)35-26(4-2)36(31,32)33;;/h24,26,28H,3-23H2,1-2H3,(H,31,32,33);;/q;+1;-1. The third-order valence-corrected chi connectivity index (χ3v) is 7.40. The summed E-state index contributed by atoms with van der Waals surface area (Å²) in [6.07, 6.45) is 20.2. The molecule has 0 aromatic heterocycles. The van der Waals surface area contributed by atoms with Crippen molar-refractivity contribution in [3.63, 3.8) is 0 Å². The van der Waals surface area contributed by atoms with Gasteiger partial charge in [-0.2, -0.15) is 8.42 Å². The fourth-order valence-electron chi connectivity index (χ4n) is 4.05. The summed E-state index contributed by atoms with van der Waals surface area (Å²) in [7, 11) is -4.58. The Labute approximate surface area is 249 Å². The third kappa shape index (κ3) is 24.6. The molecule has 0 fully saturated rings. The average molecular weight is 561 g/mol. The smallest absolute Gasteiger partial charge is 1.00 e. The van der Waals surface area contributed by atoms with Crippen LogP contribution in [-0.2, 0) is 29.2 Å². The normalized spacial score (nSPS) is 13.0. The fourth-order valence-corrected chi connectivity index (χ4v) is 4.69. The predicted molar refractivity (Wildman–Crippen MR) is 143 cm³/mol. The van der Waals surface area contributed by atoms with Crippen LogP contribution in [0, 0.1) is 0 Å². The summed E-state index contributed by atoms with van der Waals surface area (Å²) >= 11 is 0. The molecule has 0 saturated heterocycles. The number of hydrogen-bond acceptors (Lipinski definition) is 7. The van der Waals surface area contributed by atoms with Gasteiger partial charge in [-0.1, -0.05) is 123 Å². The van der Waals surface area contributed by atoms with E-state index >= 15 is 0 Å². The molecule has 0 aromatic rings. The van der Waals surface area contributed by atoms with E-state index in [9.17, 15) is 23.1 Å². The van der Waals surface area contributed by atoms with Crippen LogP contribution in [0.4, 0.5) is 0 Å². The van der Waals surface area contributed by atoms with Crippen LogP contribution in [0.25, 0.3) is 0 Å². The zero-order valence-electron chi connectivity index (χ0n) is 24.8. The van der Waals surface area contributed by atoms with Crippen LogP contribution in [-0.4, -0.2) is 48.2 Å². The molecule has 0 rings (SSSR count). The van der Waals surface area contributed by atoms with Crippen molar-refractivity contribution in [3.8, 4) is 0 Å². The van der Waals surface area contributed by atoms with Gasteiger partial charge in [0.15, 0.2) is 6.10 Å². The van der Waals surface area contributed by atoms with Gasteiger partial charge in [0.2, 0.25) is 5.44 Å². The topological polar surface area (TPSA) is 127 Å². The number of carbonyl (C=O) groups excluding carboxylic acids is 2. The van der Waals surface area contributed by atoms with Crippen molar-refractivity contribution in [2.24, 2.45) is 0 Å². The molecule has 2 unspecified atom stereocenters. The van der Waals surface area contributed by atoms with Gasteiger partial charge in [-0.3, -0.25) is 9.35 Å². The van der Waals surface area contributed by atoms with E-state index in [1.165, 1.54) is 103 Å². The van der Waals surface area contributed by atoms with Crippen LogP contribution in [0.5, 0.6) is 0 Å². The first-order valence-corrected chi connectivity index (χ1v) is 15.7. The number of ether oxygens (including phenoxy) is 2. The Morgan fingerprint density at radius 2 is 1.11 bits per heavy atom. The number of carbonyl (C=O) groups is 2. The van der Waals surface area contributed by atoms with Crippen molar-refractivity contribution in [1.29, 1.82) is 0 Å². The number of unbranched alkanes of at least 4 members (excludes halogenated alkanes) is 17. The summed E-state index contributed by atoms with van der Waals surface area (Å²) in [5.74, 6) is -2.05. The zero-order valence-corrected chi connectivity index (χ0v) is 26.6. The second-order valence-electron chi connectivity index (χ2n) is 9.74. The predicted octanol–water partition coefficient (Wildman–Crippen LogP) is 3.61. The SMILES string of the molecule is CCCCCCCCCCCCCCCCCCCCOC(=O)CC(O)C(=O)OC(CC)S(=O)(=O)O.[H-].[Na+]. The van der Waals surface area contributed by atoms with E-state index < -0.39 is 40.0 Å². The minimum atomic E-state index is -4.58. The molecule has 0 aliphatic rings. The third-order valence-electron chi connectivity index (χ3n) is 6.31. The minimum absolute atomic E-state index is 0. The van der Waals surface area contributed by atoms with Crippen LogP contribution in [0.15, 0.2) is 0 Å². The van der Waals surface area contributed by atoms with Gasteiger partial charge in [0, 0.05) is 0 Å². The molecule has 0 saturated carbocycles. The number of aliphatic hydroxyl groups is 1. The minimum Gasteiger partial charge on any atom is -1.00 e. The second-order valence-corrected chi connectivity index (χ2v) is 11.3. The fraction of sp³-hybridized carbons (Fsp3) is 0.926. The summed E-state index contributed by atoms with van der Waals surface area (Å²) in [5.41, 5.74) is -1.77. The van der Waals surface area contributed by atoms with Gasteiger partial charge in [0.25, 0.3) is 0 Å². The summed E-state index contributed by atoms with van der Waals surface area (Å²) in [6, 6.07) is 0. The van der Waals surface area contributed by atoms with Crippen LogP contribution in [0.3, 0.4) is 0 Å². The second kappa shape index (κ2) is 26.1. The summed E-state index contributed by atoms with van der Waals surface area (Å²) in [6.45, 7) is 3.86. The Morgan fingerprint density at radius 1 is 0.730 bits per heavy atom. The quantitative estimate of drug-likeness (QED) is 0.0750. The van der Waals surface area contributed by atoms with E-state index in [0.29, 0.717) is 6.42 Å². The Bertz CT molecular complexity index is 663. The van der Waals surface area contributed by atoms with Crippen molar-refractivity contribution in [3.05, 3.63) is 0 Å². The van der Waals surface area contributed by atoms with Crippen molar-refractivity contribution < 1.29 is 68.1 Å². The molecular weight excluding hydrogens is 507 g/mol. The van der Waals surface area contributed by atoms with E-state index in [-0.39, 0.29) is 44.0 Å². The largest absolute Gasteiger partial charge is 1.00 e. The van der Waals surface area contributed by atoms with Gasteiger partial charge >= 0.3 is 51.6 Å². The van der Waals surface area contributed by atoms with Gasteiger partial charge in [0.05, 0.1) is 13.0 Å². The molecule has 0 aromatic carbocycles. The molecular formula is C27H53NaO8S. The molecule has 2 atom stereocenters. The van der Waals surface area contributed by atoms with E-state index in [1.807, 2.05) is 0 Å². The van der Waals surface area contributed by atoms with E-state index in [2.05, 4.69) is 11.7 Å². The van der Waals surface area contributed by atoms with Crippen LogP contribution in [0.1, 0.15) is 144 Å². The molecule has 0 radical (unpaired) electrons. The molecule has 8 nitrogen and oxygen atoms in total. The van der Waals surface area contributed by atoms with E-state index in [0.717, 1.165) is 12.8 Å². The van der Waals surface area contributed by atoms with Gasteiger partial charge in [-0.15, -0.1) is 0 Å².